The van der Waals surface area contributed by atoms with E-state index in [1.807, 2.05) is 6.92 Å². The van der Waals surface area contributed by atoms with Crippen molar-refractivity contribution in [1.29, 1.82) is 0 Å². The predicted octanol–water partition coefficient (Wildman–Crippen LogP) is 6.77. The number of anilines is 2. The lowest BCUT2D eigenvalue weighted by molar-refractivity contribution is 0.0696. The van der Waals surface area contributed by atoms with Crippen molar-refractivity contribution in [2.45, 2.75) is 11.8 Å². The minimum absolute atomic E-state index is 0.0241. The molecule has 0 aliphatic rings. The van der Waals surface area contributed by atoms with Gasteiger partial charge in [0, 0.05) is 32.9 Å². The first kappa shape index (κ1) is 29.3. The molecule has 5 aromatic carbocycles. The second-order valence-electron chi connectivity index (χ2n) is 9.56. The number of carboxylic acid groups (broad SMARTS) is 1. The predicted molar refractivity (Wildman–Crippen MR) is 164 cm³/mol. The summed E-state index contributed by atoms with van der Waals surface area (Å²) in [5, 5.41) is 16.4. The molecule has 0 saturated carbocycles. The fourth-order valence-electron chi connectivity index (χ4n) is 4.28. The van der Waals surface area contributed by atoms with Crippen LogP contribution in [-0.4, -0.2) is 31.3 Å². The minimum Gasteiger partial charge on any atom is -0.478 e. The molecular weight excluding hydrogens is 592 g/mol. The Balaban J connectivity index is 1.40. The molecule has 11 heteroatoms. The molecule has 0 aliphatic heterocycles. The van der Waals surface area contributed by atoms with Gasteiger partial charge in [0.25, 0.3) is 11.8 Å². The maximum Gasteiger partial charge on any atom is 0.339 e. The summed E-state index contributed by atoms with van der Waals surface area (Å²) in [6.45, 7) is 1.88. The Morgan fingerprint density at radius 3 is 2.16 bits per heavy atom. The van der Waals surface area contributed by atoms with Crippen LogP contribution in [-0.2, 0) is 10.1 Å². The zero-order valence-corrected chi connectivity index (χ0v) is 24.1. The van der Waals surface area contributed by atoms with E-state index >= 15 is 0 Å². The number of benzene rings is 5. The standard InChI is InChI=1S/C32H23ClN2O7S/c1-19-8-10-26(11-9-19)42-43(40,41)27-12-13-28-20(18-27)4-3-7-29(28)35-31(37)22-14-23(32(38)39)17-25(16-22)34-30(36)21-5-2-6-24(33)15-21/h2-18H,1H3,(H,34,36)(H,35,37)(H,38,39). The maximum absolute atomic E-state index is 13.3. The van der Waals surface area contributed by atoms with Gasteiger partial charge in [-0.05, 0) is 79.0 Å². The zero-order valence-electron chi connectivity index (χ0n) is 22.5. The molecule has 0 fully saturated rings. The summed E-state index contributed by atoms with van der Waals surface area (Å²) in [4.78, 5) is 37.7. The zero-order chi connectivity index (χ0) is 30.7. The smallest absolute Gasteiger partial charge is 0.339 e. The monoisotopic (exact) mass is 614 g/mol. The Bertz CT molecular complexity index is 2010. The summed E-state index contributed by atoms with van der Waals surface area (Å²) in [5.41, 5.74) is 1.42. The third-order valence-electron chi connectivity index (χ3n) is 6.40. The first-order valence-corrected chi connectivity index (χ1v) is 14.6. The highest BCUT2D eigenvalue weighted by atomic mass is 35.5. The first-order valence-electron chi connectivity index (χ1n) is 12.8. The van der Waals surface area contributed by atoms with Gasteiger partial charge in [-0.2, -0.15) is 8.42 Å². The molecule has 5 rings (SSSR count). The first-order chi connectivity index (χ1) is 20.5. The minimum atomic E-state index is -4.13. The summed E-state index contributed by atoms with van der Waals surface area (Å²) in [6.07, 6.45) is 0. The largest absolute Gasteiger partial charge is 0.478 e. The molecule has 2 amide bonds. The Kier molecular flexibility index (Phi) is 8.16. The molecule has 9 nitrogen and oxygen atoms in total. The van der Waals surface area contributed by atoms with Crippen molar-refractivity contribution in [3.05, 3.63) is 130 Å². The van der Waals surface area contributed by atoms with Crippen molar-refractivity contribution in [1.82, 2.24) is 0 Å². The highest BCUT2D eigenvalue weighted by Gasteiger charge is 2.19. The Hall–Kier alpha value is -5.19. The molecule has 5 aromatic rings. The molecule has 43 heavy (non-hydrogen) atoms. The average Bonchev–Trinajstić information content (AvgIpc) is 2.98. The van der Waals surface area contributed by atoms with Crippen LogP contribution >= 0.6 is 11.6 Å². The van der Waals surface area contributed by atoms with Crippen molar-refractivity contribution < 1.29 is 32.1 Å². The van der Waals surface area contributed by atoms with Crippen molar-refractivity contribution in [2.24, 2.45) is 0 Å². The number of aryl methyl sites for hydroxylation is 1. The average molecular weight is 615 g/mol. The summed E-state index contributed by atoms with van der Waals surface area (Å²) >= 11 is 5.97. The number of carbonyl (C=O) groups is 3. The van der Waals surface area contributed by atoms with E-state index in [0.717, 1.165) is 5.56 Å². The number of hydrogen-bond donors (Lipinski definition) is 3. The third kappa shape index (κ3) is 6.83. The Morgan fingerprint density at radius 2 is 1.44 bits per heavy atom. The quantitative estimate of drug-likeness (QED) is 0.164. The van der Waals surface area contributed by atoms with Gasteiger partial charge in [0.05, 0.1) is 5.56 Å². The van der Waals surface area contributed by atoms with E-state index in [1.54, 1.807) is 66.7 Å². The number of nitrogens with one attached hydrogen (secondary N) is 2. The lowest BCUT2D eigenvalue weighted by atomic mass is 10.1. The lowest BCUT2D eigenvalue weighted by Crippen LogP contribution is -2.16. The van der Waals surface area contributed by atoms with Gasteiger partial charge in [0.2, 0.25) is 0 Å². The summed E-state index contributed by atoms with van der Waals surface area (Å²) in [6, 6.07) is 25.9. The highest BCUT2D eigenvalue weighted by molar-refractivity contribution is 7.87. The Morgan fingerprint density at radius 1 is 0.744 bits per heavy atom. The van der Waals surface area contributed by atoms with Gasteiger partial charge in [0.1, 0.15) is 10.6 Å². The van der Waals surface area contributed by atoms with E-state index in [-0.39, 0.29) is 33.0 Å². The van der Waals surface area contributed by atoms with Crippen molar-refractivity contribution >= 4 is 61.6 Å². The van der Waals surface area contributed by atoms with E-state index in [9.17, 15) is 27.9 Å². The van der Waals surface area contributed by atoms with Gasteiger partial charge in [-0.25, -0.2) is 4.79 Å². The number of carbonyl (C=O) groups excluding carboxylic acids is 2. The van der Waals surface area contributed by atoms with Gasteiger partial charge < -0.3 is 19.9 Å². The lowest BCUT2D eigenvalue weighted by Gasteiger charge is -2.13. The second kappa shape index (κ2) is 12.0. The van der Waals surface area contributed by atoms with Gasteiger partial charge in [-0.15, -0.1) is 0 Å². The molecule has 0 atom stereocenters. The third-order valence-corrected chi connectivity index (χ3v) is 7.88. The molecule has 0 radical (unpaired) electrons. The topological polar surface area (TPSA) is 139 Å². The van der Waals surface area contributed by atoms with Crippen molar-refractivity contribution in [3.8, 4) is 5.75 Å². The van der Waals surface area contributed by atoms with E-state index in [0.29, 0.717) is 21.5 Å². The van der Waals surface area contributed by atoms with Crippen LogP contribution in [0.4, 0.5) is 11.4 Å². The van der Waals surface area contributed by atoms with Crippen LogP contribution in [0.2, 0.25) is 5.02 Å². The molecule has 0 unspecified atom stereocenters. The van der Waals surface area contributed by atoms with Crippen LogP contribution in [0.25, 0.3) is 10.8 Å². The van der Waals surface area contributed by atoms with Gasteiger partial charge in [0.15, 0.2) is 0 Å². The molecule has 0 bridgehead atoms. The number of carboxylic acids is 1. The van der Waals surface area contributed by atoms with Gasteiger partial charge in [-0.3, -0.25) is 9.59 Å². The van der Waals surface area contributed by atoms with E-state index in [4.69, 9.17) is 15.8 Å². The van der Waals surface area contributed by atoms with E-state index in [1.165, 1.54) is 36.4 Å². The number of hydrogen-bond acceptors (Lipinski definition) is 6. The number of aromatic carboxylic acids is 1. The molecule has 0 aromatic heterocycles. The molecular formula is C32H23ClN2O7S. The van der Waals surface area contributed by atoms with Crippen LogP contribution in [0, 0.1) is 6.92 Å². The van der Waals surface area contributed by atoms with E-state index < -0.39 is 27.9 Å². The fraction of sp³-hybridized carbons (Fsp3) is 0.0312. The van der Waals surface area contributed by atoms with Crippen molar-refractivity contribution in [2.75, 3.05) is 10.6 Å². The highest BCUT2D eigenvalue weighted by Crippen LogP contribution is 2.28. The van der Waals surface area contributed by atoms with Crippen LogP contribution in [0.15, 0.2) is 108 Å². The summed E-state index contributed by atoms with van der Waals surface area (Å²) < 4.78 is 31.1. The Labute approximate surface area is 251 Å². The molecule has 3 N–H and O–H groups in total. The molecule has 0 spiro atoms. The molecule has 0 aliphatic carbocycles. The number of rotatable bonds is 8. The van der Waals surface area contributed by atoms with Crippen LogP contribution in [0.5, 0.6) is 5.75 Å². The van der Waals surface area contributed by atoms with E-state index in [2.05, 4.69) is 10.6 Å². The normalized spacial score (nSPS) is 11.1. The second-order valence-corrected chi connectivity index (χ2v) is 11.5. The number of amides is 2. The fourth-order valence-corrected chi connectivity index (χ4v) is 5.43. The van der Waals surface area contributed by atoms with Gasteiger partial charge >= 0.3 is 16.1 Å². The van der Waals surface area contributed by atoms with Gasteiger partial charge in [-0.1, -0.05) is 53.6 Å². The summed E-state index contributed by atoms with van der Waals surface area (Å²) in [5.74, 6) is -2.30. The summed E-state index contributed by atoms with van der Waals surface area (Å²) in [7, 11) is -4.13. The number of halogens is 1. The molecule has 216 valence electrons. The van der Waals surface area contributed by atoms with Crippen molar-refractivity contribution in [3.63, 3.8) is 0 Å². The van der Waals surface area contributed by atoms with Crippen LogP contribution in [0.3, 0.4) is 0 Å². The number of fused-ring (bicyclic) bond motifs is 1. The molecule has 0 heterocycles. The SMILES string of the molecule is Cc1ccc(OS(=O)(=O)c2ccc3c(NC(=O)c4cc(NC(=O)c5cccc(Cl)c5)cc(C(=O)O)c4)cccc3c2)cc1. The van der Waals surface area contributed by atoms with Crippen LogP contribution in [0.1, 0.15) is 36.6 Å². The maximum atomic E-state index is 13.3. The molecule has 0 saturated heterocycles. The van der Waals surface area contributed by atoms with Crippen LogP contribution < -0.4 is 14.8 Å².